The highest BCUT2D eigenvalue weighted by Crippen LogP contribution is 2.46. The number of carboxylic acids is 1. The predicted molar refractivity (Wildman–Crippen MR) is 95.9 cm³/mol. The molecule has 28 heavy (non-hydrogen) atoms. The van der Waals surface area contributed by atoms with Gasteiger partial charge in [-0.15, -0.1) is 0 Å². The Hall–Kier alpha value is -3.16. The lowest BCUT2D eigenvalue weighted by Crippen LogP contribution is -2.47. The lowest BCUT2D eigenvalue weighted by Gasteiger charge is -2.27. The van der Waals surface area contributed by atoms with E-state index in [4.69, 9.17) is 0 Å². The van der Waals surface area contributed by atoms with Crippen molar-refractivity contribution in [3.05, 3.63) is 54.2 Å². The Bertz CT molecular complexity index is 1110. The zero-order valence-corrected chi connectivity index (χ0v) is 14.5. The maximum atomic E-state index is 13.4. The van der Waals surface area contributed by atoms with Crippen LogP contribution >= 0.6 is 0 Å². The normalized spacial score (nSPS) is 20.0. The van der Waals surface area contributed by atoms with E-state index in [1.54, 1.807) is 30.3 Å². The van der Waals surface area contributed by atoms with Gasteiger partial charge in [0, 0.05) is 24.7 Å². The molecule has 2 aromatic carbocycles. The number of amides is 1. The molecule has 1 atom stereocenters. The summed E-state index contributed by atoms with van der Waals surface area (Å²) in [5, 5.41) is 11.6. The second-order valence-electron chi connectivity index (χ2n) is 6.91. The van der Waals surface area contributed by atoms with Crippen LogP contribution in [0.2, 0.25) is 0 Å². The summed E-state index contributed by atoms with van der Waals surface area (Å²) in [5.74, 6) is -2.61. The number of carboxylic acid groups (broad SMARTS) is 1. The minimum absolute atomic E-state index is 0.165. The van der Waals surface area contributed by atoms with E-state index in [0.717, 1.165) is 15.7 Å². The Morgan fingerprint density at radius 1 is 1.11 bits per heavy atom. The van der Waals surface area contributed by atoms with Crippen LogP contribution in [0.1, 0.15) is 16.8 Å². The SMILES string of the molecule is O=C(c1cc2ccccc2c2cccnc12)N1CCC(C(=O)O)(C(F)(F)F)C1. The first kappa shape index (κ1) is 18.2. The molecule has 0 saturated carbocycles. The Morgan fingerprint density at radius 2 is 1.82 bits per heavy atom. The van der Waals surface area contributed by atoms with Crippen LogP contribution in [0, 0.1) is 5.41 Å². The molecule has 1 fully saturated rings. The number of halogens is 3. The van der Waals surface area contributed by atoms with Crippen LogP contribution < -0.4 is 0 Å². The van der Waals surface area contributed by atoms with Gasteiger partial charge in [0.1, 0.15) is 0 Å². The number of hydrogen-bond acceptors (Lipinski definition) is 3. The van der Waals surface area contributed by atoms with E-state index in [2.05, 4.69) is 4.98 Å². The predicted octanol–water partition coefficient (Wildman–Crippen LogP) is 3.87. The lowest BCUT2D eigenvalue weighted by molar-refractivity contribution is -0.227. The standard InChI is InChI=1S/C20H15F3N2O3/c21-20(22,23)19(18(27)28)7-9-25(11-19)17(26)15-10-12-4-1-2-5-13(12)14-6-3-8-24-16(14)15/h1-6,8,10H,7,9,11H2,(H,27,28). The molecule has 1 saturated heterocycles. The lowest BCUT2D eigenvalue weighted by atomic mass is 9.86. The van der Waals surface area contributed by atoms with E-state index < -0.39 is 36.4 Å². The van der Waals surface area contributed by atoms with Crippen molar-refractivity contribution in [1.29, 1.82) is 0 Å². The van der Waals surface area contributed by atoms with Crippen molar-refractivity contribution in [2.24, 2.45) is 5.41 Å². The van der Waals surface area contributed by atoms with Crippen molar-refractivity contribution in [2.75, 3.05) is 13.1 Å². The molecule has 3 aromatic rings. The highest BCUT2D eigenvalue weighted by molar-refractivity contribution is 6.15. The van der Waals surface area contributed by atoms with E-state index in [0.29, 0.717) is 10.9 Å². The molecule has 4 rings (SSSR count). The Balaban J connectivity index is 1.81. The maximum Gasteiger partial charge on any atom is 0.406 e. The first-order valence-electron chi connectivity index (χ1n) is 8.60. The minimum Gasteiger partial charge on any atom is -0.481 e. The van der Waals surface area contributed by atoms with Gasteiger partial charge in [-0.1, -0.05) is 30.3 Å². The van der Waals surface area contributed by atoms with Crippen molar-refractivity contribution >= 4 is 33.6 Å². The molecule has 5 nitrogen and oxygen atoms in total. The molecule has 0 radical (unpaired) electrons. The minimum atomic E-state index is -4.95. The van der Waals surface area contributed by atoms with Gasteiger partial charge in [0.25, 0.3) is 5.91 Å². The van der Waals surface area contributed by atoms with Crippen LogP contribution in [-0.2, 0) is 4.79 Å². The number of carbonyl (C=O) groups is 2. The van der Waals surface area contributed by atoms with Gasteiger partial charge < -0.3 is 10.0 Å². The third-order valence-electron chi connectivity index (χ3n) is 5.35. The number of carbonyl (C=O) groups excluding carboxylic acids is 1. The van der Waals surface area contributed by atoms with E-state index in [1.807, 2.05) is 12.1 Å². The Labute approximate surface area is 157 Å². The van der Waals surface area contributed by atoms with Crippen LogP contribution in [0.3, 0.4) is 0 Å². The Morgan fingerprint density at radius 3 is 2.50 bits per heavy atom. The highest BCUT2D eigenvalue weighted by Gasteiger charge is 2.64. The number of pyridine rings is 1. The molecule has 144 valence electrons. The van der Waals surface area contributed by atoms with Crippen molar-refractivity contribution in [3.63, 3.8) is 0 Å². The van der Waals surface area contributed by atoms with Gasteiger partial charge in [-0.25, -0.2) is 0 Å². The number of likely N-dealkylation sites (tertiary alicyclic amines) is 1. The third-order valence-corrected chi connectivity index (χ3v) is 5.35. The van der Waals surface area contributed by atoms with Crippen LogP contribution in [-0.4, -0.2) is 46.1 Å². The van der Waals surface area contributed by atoms with Gasteiger partial charge in [-0.2, -0.15) is 13.2 Å². The van der Waals surface area contributed by atoms with Crippen molar-refractivity contribution in [1.82, 2.24) is 9.88 Å². The summed E-state index contributed by atoms with van der Waals surface area (Å²) in [4.78, 5) is 29.7. The third kappa shape index (κ3) is 2.59. The molecular formula is C20H15F3N2O3. The second kappa shape index (κ2) is 6.19. The topological polar surface area (TPSA) is 70.5 Å². The molecular weight excluding hydrogens is 373 g/mol. The summed E-state index contributed by atoms with van der Waals surface area (Å²) < 4.78 is 40.3. The molecule has 0 bridgehead atoms. The number of nitrogens with zero attached hydrogens (tertiary/aromatic N) is 2. The average molecular weight is 388 g/mol. The van der Waals surface area contributed by atoms with E-state index in [1.165, 1.54) is 6.20 Å². The van der Waals surface area contributed by atoms with Gasteiger partial charge in [-0.3, -0.25) is 14.6 Å². The van der Waals surface area contributed by atoms with Crippen molar-refractivity contribution in [3.8, 4) is 0 Å². The highest BCUT2D eigenvalue weighted by atomic mass is 19.4. The number of hydrogen-bond donors (Lipinski definition) is 1. The fraction of sp³-hybridized carbons (Fsp3) is 0.250. The van der Waals surface area contributed by atoms with E-state index in [9.17, 15) is 27.9 Å². The van der Waals surface area contributed by atoms with Crippen molar-refractivity contribution < 1.29 is 27.9 Å². The average Bonchev–Trinajstić information content (AvgIpc) is 3.14. The molecule has 0 spiro atoms. The first-order valence-corrected chi connectivity index (χ1v) is 8.60. The van der Waals surface area contributed by atoms with Crippen LogP contribution in [0.5, 0.6) is 0 Å². The molecule has 1 aromatic heterocycles. The van der Waals surface area contributed by atoms with Gasteiger partial charge >= 0.3 is 12.1 Å². The largest absolute Gasteiger partial charge is 0.481 e. The van der Waals surface area contributed by atoms with Crippen molar-refractivity contribution in [2.45, 2.75) is 12.6 Å². The van der Waals surface area contributed by atoms with E-state index >= 15 is 0 Å². The van der Waals surface area contributed by atoms with Gasteiger partial charge in [0.2, 0.25) is 0 Å². The molecule has 2 heterocycles. The zero-order valence-electron chi connectivity index (χ0n) is 14.5. The second-order valence-corrected chi connectivity index (χ2v) is 6.91. The zero-order chi connectivity index (χ0) is 20.1. The van der Waals surface area contributed by atoms with Gasteiger partial charge in [0.05, 0.1) is 11.1 Å². The van der Waals surface area contributed by atoms with Crippen LogP contribution in [0.15, 0.2) is 48.7 Å². The molecule has 0 aliphatic carbocycles. The maximum absolute atomic E-state index is 13.4. The molecule has 1 amide bonds. The number of rotatable bonds is 2. The molecule has 1 aliphatic heterocycles. The summed E-state index contributed by atoms with van der Waals surface area (Å²) in [6.45, 7) is -1.20. The van der Waals surface area contributed by atoms with E-state index in [-0.39, 0.29) is 12.1 Å². The summed E-state index contributed by atoms with van der Waals surface area (Å²) in [6, 6.07) is 12.4. The summed E-state index contributed by atoms with van der Waals surface area (Å²) in [5.41, 5.74) is -2.40. The Kier molecular flexibility index (Phi) is 4.02. The first-order chi connectivity index (χ1) is 13.2. The molecule has 1 aliphatic rings. The number of alkyl halides is 3. The van der Waals surface area contributed by atoms with Crippen LogP contribution in [0.4, 0.5) is 13.2 Å². The van der Waals surface area contributed by atoms with Gasteiger partial charge in [-0.05, 0) is 29.3 Å². The monoisotopic (exact) mass is 388 g/mol. The molecule has 8 heteroatoms. The van der Waals surface area contributed by atoms with Crippen LogP contribution in [0.25, 0.3) is 21.7 Å². The summed E-state index contributed by atoms with van der Waals surface area (Å²) in [6.07, 6.45) is -4.11. The summed E-state index contributed by atoms with van der Waals surface area (Å²) >= 11 is 0. The number of aliphatic carboxylic acids is 1. The summed E-state index contributed by atoms with van der Waals surface area (Å²) in [7, 11) is 0. The number of fused-ring (bicyclic) bond motifs is 3. The number of aromatic nitrogens is 1. The molecule has 1 unspecified atom stereocenters. The molecule has 1 N–H and O–H groups in total. The number of benzene rings is 2. The fourth-order valence-corrected chi connectivity index (χ4v) is 3.77. The fourth-order valence-electron chi connectivity index (χ4n) is 3.77. The quantitative estimate of drug-likeness (QED) is 0.677. The smallest absolute Gasteiger partial charge is 0.406 e. The van der Waals surface area contributed by atoms with Gasteiger partial charge in [0.15, 0.2) is 5.41 Å².